The van der Waals surface area contributed by atoms with Crippen molar-refractivity contribution in [3.63, 3.8) is 0 Å². The molecule has 2 N–H and O–H groups in total. The summed E-state index contributed by atoms with van der Waals surface area (Å²) >= 11 is 1.40. The van der Waals surface area contributed by atoms with Crippen LogP contribution in [0.3, 0.4) is 0 Å². The molecular weight excluding hydrogens is 540 g/mol. The van der Waals surface area contributed by atoms with E-state index in [2.05, 4.69) is 51.2 Å². The number of hydrogen-bond donors (Lipinski definition) is 2. The molecule has 0 aliphatic rings. The Morgan fingerprint density at radius 2 is 1.74 bits per heavy atom. The minimum atomic E-state index is -0.115. The number of ketones is 2. The molecule has 2 rings (SSSR count). The Labute approximate surface area is 261 Å². The first kappa shape index (κ1) is 41.3. The number of nitrogens with zero attached hydrogens (tertiary/aromatic N) is 1. The normalized spacial score (nSPS) is 12.7. The number of hydrogen-bond acceptors (Lipinski definition) is 5. The molecule has 2 aromatic heterocycles. The molecule has 2 unspecified atom stereocenters. The lowest BCUT2D eigenvalue weighted by Crippen LogP contribution is -2.16. The largest absolute Gasteiger partial charge is 0.393 e. The topological polar surface area (TPSA) is 83.0 Å². The van der Waals surface area contributed by atoms with Gasteiger partial charge in [0, 0.05) is 34.0 Å². The minimum Gasteiger partial charge on any atom is -0.393 e. The number of rotatable bonds is 13. The van der Waals surface area contributed by atoms with Crippen molar-refractivity contribution < 1.29 is 14.7 Å². The number of unbranched alkanes of at least 4 members (excludes halogenated alkanes) is 1. The Morgan fingerprint density at radius 1 is 1.12 bits per heavy atom. The number of aliphatic hydroxyl groups is 1. The third-order valence-corrected chi connectivity index (χ3v) is 7.08. The van der Waals surface area contributed by atoms with Gasteiger partial charge in [0.25, 0.3) is 0 Å². The zero-order chi connectivity index (χ0) is 32.7. The van der Waals surface area contributed by atoms with Gasteiger partial charge in [0.15, 0.2) is 11.6 Å². The molecule has 6 heteroatoms. The van der Waals surface area contributed by atoms with Gasteiger partial charge in [-0.05, 0) is 45.6 Å². The van der Waals surface area contributed by atoms with Gasteiger partial charge in [0.05, 0.1) is 17.4 Å². The molecule has 2 heterocycles. The van der Waals surface area contributed by atoms with Crippen LogP contribution in [0.15, 0.2) is 48.0 Å². The van der Waals surface area contributed by atoms with Crippen LogP contribution in [-0.4, -0.2) is 32.7 Å². The zero-order valence-corrected chi connectivity index (χ0v) is 29.1. The summed E-state index contributed by atoms with van der Waals surface area (Å²) in [7, 11) is 0. The first-order valence-electron chi connectivity index (χ1n) is 15.6. The Balaban J connectivity index is 0. The van der Waals surface area contributed by atoms with Gasteiger partial charge >= 0.3 is 0 Å². The van der Waals surface area contributed by atoms with Crippen LogP contribution >= 0.6 is 11.3 Å². The Morgan fingerprint density at radius 3 is 2.21 bits per heavy atom. The third-order valence-electron chi connectivity index (χ3n) is 6.20. The minimum absolute atomic E-state index is 0.0644. The van der Waals surface area contributed by atoms with Crippen LogP contribution in [0.2, 0.25) is 0 Å². The van der Waals surface area contributed by atoms with E-state index in [4.69, 9.17) is 0 Å². The molecule has 0 saturated carbocycles. The number of carbonyl (C=O) groups is 2. The van der Waals surface area contributed by atoms with Crippen molar-refractivity contribution in [2.45, 2.75) is 121 Å². The van der Waals surface area contributed by atoms with Crippen LogP contribution in [0, 0.1) is 12.8 Å². The van der Waals surface area contributed by atoms with Gasteiger partial charge in [-0.2, -0.15) is 0 Å². The third kappa shape index (κ3) is 15.4. The van der Waals surface area contributed by atoms with Crippen LogP contribution in [0.5, 0.6) is 0 Å². The summed E-state index contributed by atoms with van der Waals surface area (Å²) in [5.41, 5.74) is 4.81. The summed E-state index contributed by atoms with van der Waals surface area (Å²) in [5, 5.41) is 12.0. The SMILES string of the molecule is C=C/C=C\c1c(-c2csc(/C(=C/C(=C\CC)C(C)=O)C(C)=O)n2)c[nH]c1C.CC.CCC.CCCCC(O)C(C)CC. The van der Waals surface area contributed by atoms with Crippen molar-refractivity contribution in [1.29, 1.82) is 0 Å². The quantitative estimate of drug-likeness (QED) is 0.177. The van der Waals surface area contributed by atoms with Gasteiger partial charge in [-0.15, -0.1) is 11.3 Å². The highest BCUT2D eigenvalue weighted by molar-refractivity contribution is 7.11. The van der Waals surface area contributed by atoms with E-state index in [1.165, 1.54) is 38.0 Å². The van der Waals surface area contributed by atoms with Crippen molar-refractivity contribution in [3.05, 3.63) is 64.3 Å². The molecule has 0 aliphatic heterocycles. The fraction of sp³-hybridized carbons (Fsp3) is 0.528. The van der Waals surface area contributed by atoms with Gasteiger partial charge in [0.1, 0.15) is 5.01 Å². The Hall–Kier alpha value is -2.83. The number of allylic oxidation sites excluding steroid dienone is 6. The van der Waals surface area contributed by atoms with E-state index in [1.54, 1.807) is 12.2 Å². The summed E-state index contributed by atoms with van der Waals surface area (Å²) in [5.74, 6) is 0.299. The smallest absolute Gasteiger partial charge is 0.162 e. The fourth-order valence-corrected chi connectivity index (χ4v) is 4.50. The van der Waals surface area contributed by atoms with Gasteiger partial charge in [-0.25, -0.2) is 4.98 Å². The van der Waals surface area contributed by atoms with E-state index in [0.717, 1.165) is 48.2 Å². The lowest BCUT2D eigenvalue weighted by Gasteiger charge is -2.15. The molecular formula is C36H58N2O3S. The second kappa shape index (κ2) is 24.7. The molecule has 2 aromatic rings. The number of aryl methyl sites for hydroxylation is 1. The molecule has 42 heavy (non-hydrogen) atoms. The first-order valence-corrected chi connectivity index (χ1v) is 16.4. The zero-order valence-electron chi connectivity index (χ0n) is 28.3. The number of aromatic nitrogens is 2. The van der Waals surface area contributed by atoms with Crippen molar-refractivity contribution in [2.24, 2.45) is 5.92 Å². The molecule has 236 valence electrons. The molecule has 0 amide bonds. The lowest BCUT2D eigenvalue weighted by molar-refractivity contribution is -0.113. The number of Topliss-reactive ketones (excluding diaryl/α,β-unsaturated/α-hetero) is 2. The van der Waals surface area contributed by atoms with E-state index in [0.29, 0.717) is 22.1 Å². The number of carbonyl (C=O) groups excluding carboxylic acids is 2. The Kier molecular flexibility index (Phi) is 24.3. The van der Waals surface area contributed by atoms with Crippen molar-refractivity contribution in [2.75, 3.05) is 0 Å². The highest BCUT2D eigenvalue weighted by atomic mass is 32.1. The highest BCUT2D eigenvalue weighted by Crippen LogP contribution is 2.31. The maximum Gasteiger partial charge on any atom is 0.162 e. The molecule has 5 nitrogen and oxygen atoms in total. The van der Waals surface area contributed by atoms with Gasteiger partial charge in [-0.3, -0.25) is 9.59 Å². The van der Waals surface area contributed by atoms with Crippen molar-refractivity contribution in [1.82, 2.24) is 9.97 Å². The molecule has 0 aliphatic carbocycles. The summed E-state index contributed by atoms with van der Waals surface area (Å²) in [6.07, 6.45) is 17.3. The van der Waals surface area contributed by atoms with Gasteiger partial charge in [-0.1, -0.05) is 112 Å². The van der Waals surface area contributed by atoms with E-state index in [-0.39, 0.29) is 17.7 Å². The van der Waals surface area contributed by atoms with E-state index < -0.39 is 0 Å². The van der Waals surface area contributed by atoms with Crippen molar-refractivity contribution in [3.8, 4) is 11.3 Å². The van der Waals surface area contributed by atoms with Gasteiger partial charge in [0.2, 0.25) is 0 Å². The first-order chi connectivity index (χ1) is 20.0. The molecule has 0 spiro atoms. The predicted molar refractivity (Wildman–Crippen MR) is 186 cm³/mol. The van der Waals surface area contributed by atoms with Gasteiger partial charge < -0.3 is 10.1 Å². The average Bonchev–Trinajstić information content (AvgIpc) is 3.60. The maximum absolute atomic E-state index is 12.2. The monoisotopic (exact) mass is 598 g/mol. The number of nitrogens with one attached hydrogen (secondary N) is 1. The summed E-state index contributed by atoms with van der Waals surface area (Å²) in [4.78, 5) is 31.9. The molecule has 2 atom stereocenters. The summed E-state index contributed by atoms with van der Waals surface area (Å²) in [6.45, 7) is 25.3. The van der Waals surface area contributed by atoms with E-state index in [9.17, 15) is 14.7 Å². The van der Waals surface area contributed by atoms with Crippen LogP contribution < -0.4 is 0 Å². The average molecular weight is 599 g/mol. The molecule has 0 saturated heterocycles. The van der Waals surface area contributed by atoms with Crippen LogP contribution in [0.4, 0.5) is 0 Å². The molecule has 0 radical (unpaired) electrons. The van der Waals surface area contributed by atoms with Crippen molar-refractivity contribution >= 4 is 34.6 Å². The molecule has 0 aromatic carbocycles. The Bertz CT molecular complexity index is 1130. The van der Waals surface area contributed by atoms with Crippen LogP contribution in [-0.2, 0) is 9.59 Å². The molecule has 0 fully saturated rings. The summed E-state index contributed by atoms with van der Waals surface area (Å²) in [6, 6.07) is 0. The number of aromatic amines is 1. The standard InChI is InChI=1S/C22H24N2O2S.C9H20O.C3H8.C2H6/c1-6-8-10-18-14(3)23-12-20(18)21-13-27-22(24-21)19(16(5)26)11-17(9-7-2)15(4)25;1-4-6-7-9(10)8(3)5-2;1-3-2;1-2/h6,8-13,23H,1,7H2,2-5H3;8-10H,4-7H2,1-3H3;3H2,1-2H3;1-2H3/b10-8-,17-9+,19-11+;;;. The van der Waals surface area contributed by atoms with E-state index >= 15 is 0 Å². The number of H-pyrrole nitrogens is 1. The second-order valence-corrected chi connectivity index (χ2v) is 10.8. The fourth-order valence-electron chi connectivity index (χ4n) is 3.61. The lowest BCUT2D eigenvalue weighted by atomic mass is 9.98. The maximum atomic E-state index is 12.2. The number of thiazole rings is 1. The predicted octanol–water partition coefficient (Wildman–Crippen LogP) is 10.6. The second-order valence-electron chi connectivity index (χ2n) is 9.91. The van der Waals surface area contributed by atoms with Crippen LogP contribution in [0.25, 0.3) is 22.9 Å². The number of aliphatic hydroxyl groups excluding tert-OH is 1. The summed E-state index contributed by atoms with van der Waals surface area (Å²) < 4.78 is 0. The van der Waals surface area contributed by atoms with Crippen LogP contribution in [0.1, 0.15) is 124 Å². The van der Waals surface area contributed by atoms with E-state index in [1.807, 2.05) is 57.5 Å². The highest BCUT2D eigenvalue weighted by Gasteiger charge is 2.17. The molecule has 0 bridgehead atoms.